The van der Waals surface area contributed by atoms with Crippen molar-refractivity contribution in [3.8, 4) is 11.6 Å². The first-order valence-electron chi connectivity index (χ1n) is 9.29. The summed E-state index contributed by atoms with van der Waals surface area (Å²) in [5, 5.41) is 0. The fraction of sp³-hybridized carbons (Fsp3) is 0.556. The van der Waals surface area contributed by atoms with Gasteiger partial charge in [-0.25, -0.2) is 15.0 Å². The zero-order chi connectivity index (χ0) is 17.7. The lowest BCUT2D eigenvalue weighted by Gasteiger charge is -2.27. The number of imidazole rings is 1. The lowest BCUT2D eigenvalue weighted by Crippen LogP contribution is -2.35. The van der Waals surface area contributed by atoms with Gasteiger partial charge in [-0.2, -0.15) is 0 Å². The standard InChI is InChI=1S/C18H22N6O2/c19-15-12-7-14(25)24(9-10-3-5-26-6-4-10)18(12)23-17(22-15)16-20-8-13(21-16)11-1-2-11/h8,10-11H,1-7,9H2,(H,20,21)(H2,19,22,23). The molecule has 26 heavy (non-hydrogen) atoms. The molecule has 1 aliphatic carbocycles. The molecule has 4 heterocycles. The second-order valence-corrected chi connectivity index (χ2v) is 7.43. The van der Waals surface area contributed by atoms with E-state index in [1.165, 1.54) is 12.8 Å². The molecule has 0 bridgehead atoms. The Balaban J connectivity index is 1.46. The van der Waals surface area contributed by atoms with Crippen LogP contribution in [0, 0.1) is 5.92 Å². The van der Waals surface area contributed by atoms with Crippen molar-refractivity contribution < 1.29 is 9.53 Å². The summed E-state index contributed by atoms with van der Waals surface area (Å²) in [6, 6.07) is 0. The van der Waals surface area contributed by atoms with Crippen LogP contribution >= 0.6 is 0 Å². The fourth-order valence-electron chi connectivity index (χ4n) is 3.78. The molecule has 8 heteroatoms. The zero-order valence-corrected chi connectivity index (χ0v) is 14.6. The Labute approximate surface area is 151 Å². The lowest BCUT2D eigenvalue weighted by atomic mass is 10.00. The second-order valence-electron chi connectivity index (χ2n) is 7.43. The molecule has 1 saturated carbocycles. The minimum atomic E-state index is 0.0442. The summed E-state index contributed by atoms with van der Waals surface area (Å²) >= 11 is 0. The molecule has 0 spiro atoms. The molecule has 5 rings (SSSR count). The number of anilines is 2. The number of nitrogens with zero attached hydrogens (tertiary/aromatic N) is 4. The van der Waals surface area contributed by atoms with Crippen molar-refractivity contribution in [1.29, 1.82) is 0 Å². The number of ether oxygens (including phenoxy) is 1. The number of aromatic amines is 1. The van der Waals surface area contributed by atoms with Gasteiger partial charge in [-0.1, -0.05) is 0 Å². The number of H-pyrrole nitrogens is 1. The predicted molar refractivity (Wildman–Crippen MR) is 95.6 cm³/mol. The van der Waals surface area contributed by atoms with Crippen LogP contribution in [0.1, 0.15) is 42.9 Å². The van der Waals surface area contributed by atoms with E-state index in [0.717, 1.165) is 37.3 Å². The van der Waals surface area contributed by atoms with Crippen LogP contribution in [0.3, 0.4) is 0 Å². The highest BCUT2D eigenvalue weighted by atomic mass is 16.5. The molecule has 1 saturated heterocycles. The zero-order valence-electron chi connectivity index (χ0n) is 14.6. The summed E-state index contributed by atoms with van der Waals surface area (Å²) in [6.45, 7) is 2.18. The van der Waals surface area contributed by atoms with Crippen LogP contribution in [0.5, 0.6) is 0 Å². The number of rotatable bonds is 4. The summed E-state index contributed by atoms with van der Waals surface area (Å²) in [5.41, 5.74) is 8.01. The minimum Gasteiger partial charge on any atom is -0.383 e. The first-order chi connectivity index (χ1) is 12.7. The Morgan fingerprint density at radius 2 is 2.04 bits per heavy atom. The number of fused-ring (bicyclic) bond motifs is 1. The number of hydrogen-bond donors (Lipinski definition) is 2. The highest BCUT2D eigenvalue weighted by molar-refractivity contribution is 6.01. The van der Waals surface area contributed by atoms with E-state index in [2.05, 4.69) is 19.9 Å². The van der Waals surface area contributed by atoms with Crippen LogP contribution < -0.4 is 10.6 Å². The molecular formula is C18H22N6O2. The Kier molecular flexibility index (Phi) is 3.66. The maximum Gasteiger partial charge on any atom is 0.232 e. The Morgan fingerprint density at radius 1 is 1.23 bits per heavy atom. The van der Waals surface area contributed by atoms with Crippen LogP contribution in [-0.2, 0) is 16.0 Å². The quantitative estimate of drug-likeness (QED) is 0.864. The number of hydrogen-bond acceptors (Lipinski definition) is 6. The first kappa shape index (κ1) is 15.7. The molecule has 3 aliphatic rings. The smallest absolute Gasteiger partial charge is 0.232 e. The summed E-state index contributed by atoms with van der Waals surface area (Å²) in [7, 11) is 0. The van der Waals surface area contributed by atoms with Crippen molar-refractivity contribution >= 4 is 17.5 Å². The van der Waals surface area contributed by atoms with Crippen LogP contribution in [0.4, 0.5) is 11.6 Å². The summed E-state index contributed by atoms with van der Waals surface area (Å²) in [5.74, 6) is 3.15. The molecule has 0 unspecified atom stereocenters. The van der Waals surface area contributed by atoms with E-state index in [1.807, 2.05) is 6.20 Å². The van der Waals surface area contributed by atoms with Crippen LogP contribution in [0.15, 0.2) is 6.20 Å². The van der Waals surface area contributed by atoms with Gasteiger partial charge < -0.3 is 15.5 Å². The number of nitrogens with one attached hydrogen (secondary N) is 1. The van der Waals surface area contributed by atoms with Gasteiger partial charge in [0.05, 0.1) is 6.42 Å². The molecule has 0 aromatic carbocycles. The highest BCUT2D eigenvalue weighted by Crippen LogP contribution is 2.40. The third-order valence-corrected chi connectivity index (χ3v) is 5.51. The molecule has 0 radical (unpaired) electrons. The van der Waals surface area contributed by atoms with E-state index in [0.29, 0.717) is 41.7 Å². The lowest BCUT2D eigenvalue weighted by molar-refractivity contribution is -0.117. The number of carbonyl (C=O) groups is 1. The summed E-state index contributed by atoms with van der Waals surface area (Å²) in [6.07, 6.45) is 6.45. The molecule has 0 atom stereocenters. The normalized spacial score (nSPS) is 20.6. The average molecular weight is 354 g/mol. The van der Waals surface area contributed by atoms with Crippen molar-refractivity contribution in [3.63, 3.8) is 0 Å². The van der Waals surface area contributed by atoms with E-state index >= 15 is 0 Å². The van der Waals surface area contributed by atoms with Gasteiger partial charge in [-0.15, -0.1) is 0 Å². The van der Waals surface area contributed by atoms with Crippen molar-refractivity contribution in [2.75, 3.05) is 30.4 Å². The first-order valence-corrected chi connectivity index (χ1v) is 9.29. The Bertz CT molecular complexity index is 853. The van der Waals surface area contributed by atoms with E-state index in [-0.39, 0.29) is 12.3 Å². The van der Waals surface area contributed by atoms with Gasteiger partial charge in [0.2, 0.25) is 5.91 Å². The van der Waals surface area contributed by atoms with E-state index in [9.17, 15) is 4.79 Å². The second kappa shape index (κ2) is 6.05. The van der Waals surface area contributed by atoms with Gasteiger partial charge >= 0.3 is 0 Å². The largest absolute Gasteiger partial charge is 0.383 e. The van der Waals surface area contributed by atoms with Crippen molar-refractivity contribution in [2.45, 2.75) is 38.0 Å². The number of aromatic nitrogens is 4. The number of carbonyl (C=O) groups excluding carboxylic acids is 1. The van der Waals surface area contributed by atoms with E-state index in [1.54, 1.807) is 4.90 Å². The summed E-state index contributed by atoms with van der Waals surface area (Å²) < 4.78 is 5.42. The molecule has 1 amide bonds. The fourth-order valence-corrected chi connectivity index (χ4v) is 3.78. The van der Waals surface area contributed by atoms with E-state index in [4.69, 9.17) is 10.5 Å². The molecule has 2 aliphatic heterocycles. The molecule has 3 N–H and O–H groups in total. The average Bonchev–Trinajstić information content (AvgIpc) is 3.30. The molecule has 136 valence electrons. The van der Waals surface area contributed by atoms with Crippen LogP contribution in [-0.4, -0.2) is 45.6 Å². The molecule has 2 aromatic rings. The van der Waals surface area contributed by atoms with Crippen molar-refractivity contribution in [2.24, 2.45) is 5.92 Å². The Morgan fingerprint density at radius 3 is 2.81 bits per heavy atom. The highest BCUT2D eigenvalue weighted by Gasteiger charge is 2.34. The van der Waals surface area contributed by atoms with Crippen molar-refractivity contribution in [3.05, 3.63) is 17.5 Å². The third kappa shape index (κ3) is 2.74. The van der Waals surface area contributed by atoms with Gasteiger partial charge in [0.1, 0.15) is 11.6 Å². The SMILES string of the molecule is Nc1nc(-c2ncc(C3CC3)[nH]2)nc2c1CC(=O)N2CC1CCOCC1. The van der Waals surface area contributed by atoms with Gasteiger partial charge in [0.15, 0.2) is 11.6 Å². The monoisotopic (exact) mass is 354 g/mol. The van der Waals surface area contributed by atoms with Gasteiger partial charge in [-0.3, -0.25) is 9.69 Å². The number of nitrogen functional groups attached to an aromatic ring is 1. The van der Waals surface area contributed by atoms with Crippen LogP contribution in [0.2, 0.25) is 0 Å². The van der Waals surface area contributed by atoms with Crippen LogP contribution in [0.25, 0.3) is 11.6 Å². The molecule has 8 nitrogen and oxygen atoms in total. The van der Waals surface area contributed by atoms with E-state index < -0.39 is 0 Å². The number of nitrogens with two attached hydrogens (primary N) is 1. The van der Waals surface area contributed by atoms with Gasteiger partial charge in [0.25, 0.3) is 0 Å². The Hall–Kier alpha value is -2.48. The van der Waals surface area contributed by atoms with Gasteiger partial charge in [0, 0.05) is 43.1 Å². The maximum atomic E-state index is 12.6. The predicted octanol–water partition coefficient (Wildman–Crippen LogP) is 1.64. The minimum absolute atomic E-state index is 0.0442. The maximum absolute atomic E-state index is 12.6. The summed E-state index contributed by atoms with van der Waals surface area (Å²) in [4.78, 5) is 31.1. The number of amides is 1. The molecule has 2 aromatic heterocycles. The topological polar surface area (TPSA) is 110 Å². The van der Waals surface area contributed by atoms with Crippen molar-refractivity contribution in [1.82, 2.24) is 19.9 Å². The van der Waals surface area contributed by atoms with Gasteiger partial charge in [-0.05, 0) is 31.6 Å². The molecular weight excluding hydrogens is 332 g/mol. The molecule has 2 fully saturated rings. The third-order valence-electron chi connectivity index (χ3n) is 5.51.